The lowest BCUT2D eigenvalue weighted by Crippen LogP contribution is -2.51. The maximum absolute atomic E-state index is 12.7. The molecule has 4 heteroatoms. The third-order valence-corrected chi connectivity index (χ3v) is 3.05. The second-order valence-corrected chi connectivity index (χ2v) is 4.31. The molecule has 88 valence electrons. The Labute approximate surface area is 93.9 Å². The van der Waals surface area contributed by atoms with Gasteiger partial charge in [-0.25, -0.2) is 4.39 Å². The van der Waals surface area contributed by atoms with E-state index in [2.05, 4.69) is 5.32 Å². The molecule has 0 aromatic heterocycles. The zero-order valence-electron chi connectivity index (χ0n) is 8.94. The lowest BCUT2D eigenvalue weighted by atomic mass is 9.88. The number of hydrogen-bond donors (Lipinski definition) is 3. The summed E-state index contributed by atoms with van der Waals surface area (Å²) < 4.78 is 12.7. The van der Waals surface area contributed by atoms with E-state index in [-0.39, 0.29) is 11.7 Å². The summed E-state index contributed by atoms with van der Waals surface area (Å²) in [6.45, 7) is 1.11. The minimum atomic E-state index is -0.709. The van der Waals surface area contributed by atoms with Crippen molar-refractivity contribution in [2.75, 3.05) is 13.1 Å². The van der Waals surface area contributed by atoms with Gasteiger partial charge in [0.1, 0.15) is 5.82 Å². The minimum Gasteiger partial charge on any atom is -0.390 e. The van der Waals surface area contributed by atoms with Crippen molar-refractivity contribution in [1.82, 2.24) is 5.32 Å². The molecule has 0 amide bonds. The summed E-state index contributed by atoms with van der Waals surface area (Å²) in [4.78, 5) is 0. The van der Waals surface area contributed by atoms with Gasteiger partial charge in [0.25, 0.3) is 0 Å². The first kappa shape index (κ1) is 11.5. The number of aliphatic hydroxyl groups excluding tert-OH is 2. The predicted molar refractivity (Wildman–Crippen MR) is 58.5 cm³/mol. The van der Waals surface area contributed by atoms with E-state index < -0.39 is 12.2 Å². The van der Waals surface area contributed by atoms with E-state index in [4.69, 9.17) is 0 Å². The van der Waals surface area contributed by atoms with Crippen LogP contribution in [-0.4, -0.2) is 35.5 Å². The minimum absolute atomic E-state index is 0.0192. The molecule has 1 aliphatic heterocycles. The number of nitrogens with one attached hydrogen (secondary N) is 1. The molecule has 3 atom stereocenters. The molecule has 1 fully saturated rings. The Bertz CT molecular complexity index is 341. The average Bonchev–Trinajstić information content (AvgIpc) is 2.28. The van der Waals surface area contributed by atoms with E-state index >= 15 is 0 Å². The molecular formula is C12H16FNO2. The van der Waals surface area contributed by atoms with Crippen LogP contribution in [0.3, 0.4) is 0 Å². The van der Waals surface area contributed by atoms with Crippen molar-refractivity contribution in [2.24, 2.45) is 5.92 Å². The largest absolute Gasteiger partial charge is 0.390 e. The van der Waals surface area contributed by atoms with Crippen molar-refractivity contribution >= 4 is 0 Å². The van der Waals surface area contributed by atoms with Crippen molar-refractivity contribution in [2.45, 2.75) is 18.6 Å². The Balaban J connectivity index is 2.00. The lowest BCUT2D eigenvalue weighted by molar-refractivity contribution is -0.0345. The molecule has 1 aromatic rings. The van der Waals surface area contributed by atoms with Crippen LogP contribution in [0.15, 0.2) is 24.3 Å². The summed E-state index contributed by atoms with van der Waals surface area (Å²) in [6.07, 6.45) is -0.767. The van der Waals surface area contributed by atoms with Crippen molar-refractivity contribution in [1.29, 1.82) is 0 Å². The van der Waals surface area contributed by atoms with E-state index in [1.54, 1.807) is 12.1 Å². The lowest BCUT2D eigenvalue weighted by Gasteiger charge is -2.32. The fourth-order valence-corrected chi connectivity index (χ4v) is 2.09. The fraction of sp³-hybridized carbons (Fsp3) is 0.500. The second kappa shape index (κ2) is 4.91. The average molecular weight is 225 g/mol. The predicted octanol–water partition coefficient (Wildman–Crippen LogP) is 0.309. The summed E-state index contributed by atoms with van der Waals surface area (Å²) >= 11 is 0. The molecule has 2 rings (SSSR count). The van der Waals surface area contributed by atoms with Gasteiger partial charge < -0.3 is 15.5 Å². The third kappa shape index (κ3) is 2.58. The highest BCUT2D eigenvalue weighted by Crippen LogP contribution is 2.17. The maximum Gasteiger partial charge on any atom is 0.123 e. The summed E-state index contributed by atoms with van der Waals surface area (Å²) in [7, 11) is 0. The molecule has 3 N–H and O–H groups in total. The Kier molecular flexibility index (Phi) is 3.53. The molecule has 1 saturated heterocycles. The molecule has 0 radical (unpaired) electrons. The number of benzene rings is 1. The van der Waals surface area contributed by atoms with Crippen molar-refractivity contribution in [3.05, 3.63) is 35.6 Å². The number of aliphatic hydroxyl groups is 2. The Morgan fingerprint density at radius 2 is 1.88 bits per heavy atom. The zero-order valence-corrected chi connectivity index (χ0v) is 8.94. The van der Waals surface area contributed by atoms with Crippen LogP contribution in [0.25, 0.3) is 0 Å². The number of rotatable bonds is 2. The van der Waals surface area contributed by atoms with Crippen LogP contribution < -0.4 is 5.32 Å². The zero-order chi connectivity index (χ0) is 11.5. The smallest absolute Gasteiger partial charge is 0.123 e. The van der Waals surface area contributed by atoms with Crippen LogP contribution in [0.2, 0.25) is 0 Å². The van der Waals surface area contributed by atoms with Gasteiger partial charge in [-0.1, -0.05) is 12.1 Å². The van der Waals surface area contributed by atoms with Gasteiger partial charge in [-0.3, -0.25) is 0 Å². The second-order valence-electron chi connectivity index (χ2n) is 4.31. The maximum atomic E-state index is 12.7. The van der Waals surface area contributed by atoms with E-state index in [0.717, 1.165) is 5.56 Å². The third-order valence-electron chi connectivity index (χ3n) is 3.05. The van der Waals surface area contributed by atoms with Gasteiger partial charge in [-0.15, -0.1) is 0 Å². The van der Waals surface area contributed by atoms with Crippen molar-refractivity contribution in [3.63, 3.8) is 0 Å². The van der Waals surface area contributed by atoms with Crippen LogP contribution in [0, 0.1) is 11.7 Å². The van der Waals surface area contributed by atoms with Gasteiger partial charge in [0.05, 0.1) is 12.2 Å². The highest BCUT2D eigenvalue weighted by Gasteiger charge is 2.30. The SMILES string of the molecule is O[C@@H]1[C@@H](Cc2ccc(F)cc2)CNC[C@H]1O. The first-order valence-corrected chi connectivity index (χ1v) is 5.48. The number of halogens is 1. The normalized spacial score (nSPS) is 30.3. The standard InChI is InChI=1S/C12H16FNO2/c13-10-3-1-8(2-4-10)5-9-6-14-7-11(15)12(9)16/h1-4,9,11-12,14-16H,5-7H2/t9-,11+,12+/m0/s1. The van der Waals surface area contributed by atoms with Crippen LogP contribution in [-0.2, 0) is 6.42 Å². The monoisotopic (exact) mass is 225 g/mol. The van der Waals surface area contributed by atoms with Gasteiger partial charge in [0.2, 0.25) is 0 Å². The Morgan fingerprint density at radius 1 is 1.19 bits per heavy atom. The van der Waals surface area contributed by atoms with E-state index in [1.165, 1.54) is 12.1 Å². The van der Waals surface area contributed by atoms with Crippen molar-refractivity contribution in [3.8, 4) is 0 Å². The number of piperidine rings is 1. The summed E-state index contributed by atoms with van der Waals surface area (Å²) in [5, 5.41) is 22.3. The first-order valence-electron chi connectivity index (χ1n) is 5.48. The topological polar surface area (TPSA) is 52.5 Å². The van der Waals surface area contributed by atoms with Crippen LogP contribution in [0.4, 0.5) is 4.39 Å². The first-order chi connectivity index (χ1) is 7.66. The van der Waals surface area contributed by atoms with E-state index in [9.17, 15) is 14.6 Å². The molecule has 0 bridgehead atoms. The molecule has 0 aliphatic carbocycles. The highest BCUT2D eigenvalue weighted by molar-refractivity contribution is 5.17. The molecule has 1 aliphatic rings. The number of hydrogen-bond acceptors (Lipinski definition) is 3. The number of β-amino-alcohol motifs (C(OH)–C–C–N with tert-alkyl or cyclic N) is 1. The Hall–Kier alpha value is -0.970. The van der Waals surface area contributed by atoms with Gasteiger partial charge in [-0.2, -0.15) is 0 Å². The van der Waals surface area contributed by atoms with Crippen LogP contribution in [0.1, 0.15) is 5.56 Å². The molecule has 3 nitrogen and oxygen atoms in total. The van der Waals surface area contributed by atoms with Gasteiger partial charge in [0.15, 0.2) is 0 Å². The quantitative estimate of drug-likeness (QED) is 0.679. The van der Waals surface area contributed by atoms with E-state index in [0.29, 0.717) is 19.5 Å². The molecular weight excluding hydrogens is 209 g/mol. The van der Waals surface area contributed by atoms with Gasteiger partial charge >= 0.3 is 0 Å². The van der Waals surface area contributed by atoms with E-state index in [1.807, 2.05) is 0 Å². The van der Waals surface area contributed by atoms with Gasteiger partial charge in [-0.05, 0) is 24.1 Å². The summed E-state index contributed by atoms with van der Waals surface area (Å²) in [5.74, 6) is -0.277. The summed E-state index contributed by atoms with van der Waals surface area (Å²) in [5.41, 5.74) is 0.973. The molecule has 0 spiro atoms. The molecule has 16 heavy (non-hydrogen) atoms. The molecule has 1 aromatic carbocycles. The molecule has 0 unspecified atom stereocenters. The molecule has 0 saturated carbocycles. The van der Waals surface area contributed by atoms with Gasteiger partial charge in [0, 0.05) is 19.0 Å². The summed E-state index contributed by atoms with van der Waals surface area (Å²) in [6, 6.07) is 6.24. The van der Waals surface area contributed by atoms with Crippen molar-refractivity contribution < 1.29 is 14.6 Å². The fourth-order valence-electron chi connectivity index (χ4n) is 2.09. The molecule has 1 heterocycles. The highest BCUT2D eigenvalue weighted by atomic mass is 19.1. The van der Waals surface area contributed by atoms with Crippen LogP contribution >= 0.6 is 0 Å². The van der Waals surface area contributed by atoms with Crippen LogP contribution in [0.5, 0.6) is 0 Å². The Morgan fingerprint density at radius 3 is 2.56 bits per heavy atom.